The first-order valence-corrected chi connectivity index (χ1v) is 8.39. The third-order valence-corrected chi connectivity index (χ3v) is 4.15. The number of nitrogens with one attached hydrogen (secondary N) is 1. The molecule has 0 atom stereocenters. The molecule has 0 radical (unpaired) electrons. The third-order valence-electron chi connectivity index (χ3n) is 4.15. The zero-order chi connectivity index (χ0) is 19.2. The Labute approximate surface area is 157 Å². The predicted molar refractivity (Wildman–Crippen MR) is 101 cm³/mol. The number of carbonyl (C=O) groups excluding carboxylic acids is 2. The highest BCUT2D eigenvalue weighted by Gasteiger charge is 2.14. The molecule has 3 rings (SSSR count). The number of nitrogens with zero attached hydrogens (tertiary/aromatic N) is 1. The first kappa shape index (κ1) is 18.3. The Morgan fingerprint density at radius 1 is 1.00 bits per heavy atom. The van der Waals surface area contributed by atoms with E-state index in [2.05, 4.69) is 5.32 Å². The lowest BCUT2D eigenvalue weighted by Gasteiger charge is -2.10. The van der Waals surface area contributed by atoms with Gasteiger partial charge in [0.05, 0.1) is 14.2 Å². The molecule has 2 aromatic carbocycles. The van der Waals surface area contributed by atoms with E-state index in [-0.39, 0.29) is 12.5 Å². The second-order valence-corrected chi connectivity index (χ2v) is 5.85. The van der Waals surface area contributed by atoms with E-state index < -0.39 is 5.97 Å². The summed E-state index contributed by atoms with van der Waals surface area (Å²) < 4.78 is 11.9. The van der Waals surface area contributed by atoms with Crippen LogP contribution in [0.5, 0.6) is 5.75 Å². The first-order chi connectivity index (χ1) is 13.1. The number of hydrogen-bond donors (Lipinski definition) is 1. The van der Waals surface area contributed by atoms with Crippen molar-refractivity contribution in [2.75, 3.05) is 14.2 Å². The van der Waals surface area contributed by atoms with Gasteiger partial charge in [0.2, 0.25) is 0 Å². The number of ether oxygens (including phenoxy) is 2. The van der Waals surface area contributed by atoms with Crippen LogP contribution < -0.4 is 10.1 Å². The highest BCUT2D eigenvalue weighted by molar-refractivity contribution is 5.94. The number of hydrogen-bond acceptors (Lipinski definition) is 4. The summed E-state index contributed by atoms with van der Waals surface area (Å²) >= 11 is 0. The fraction of sp³-hybridized carbons (Fsp3) is 0.143. The van der Waals surface area contributed by atoms with E-state index in [1.165, 1.54) is 14.2 Å². The molecule has 1 N–H and O–H groups in total. The Hall–Kier alpha value is -3.54. The molecule has 0 saturated carbocycles. The van der Waals surface area contributed by atoms with Gasteiger partial charge in [-0.15, -0.1) is 0 Å². The van der Waals surface area contributed by atoms with Crippen LogP contribution >= 0.6 is 0 Å². The molecule has 6 heteroatoms. The van der Waals surface area contributed by atoms with Gasteiger partial charge in [-0.1, -0.05) is 6.07 Å². The second kappa shape index (κ2) is 8.23. The van der Waals surface area contributed by atoms with Crippen LogP contribution in [0.2, 0.25) is 0 Å². The fourth-order valence-electron chi connectivity index (χ4n) is 2.71. The van der Waals surface area contributed by atoms with Crippen molar-refractivity contribution in [3.05, 3.63) is 83.7 Å². The van der Waals surface area contributed by atoms with Crippen LogP contribution in [0.4, 0.5) is 0 Å². The average Bonchev–Trinajstić information content (AvgIpc) is 3.26. The predicted octanol–water partition coefficient (Wildman–Crippen LogP) is 3.20. The Morgan fingerprint density at radius 2 is 1.70 bits per heavy atom. The average molecular weight is 364 g/mol. The Bertz CT molecular complexity index is 931. The van der Waals surface area contributed by atoms with Crippen molar-refractivity contribution in [2.24, 2.45) is 0 Å². The summed E-state index contributed by atoms with van der Waals surface area (Å²) in [5.41, 5.74) is 2.64. The van der Waals surface area contributed by atoms with Crippen molar-refractivity contribution in [3.63, 3.8) is 0 Å². The van der Waals surface area contributed by atoms with E-state index >= 15 is 0 Å². The first-order valence-electron chi connectivity index (χ1n) is 8.39. The minimum absolute atomic E-state index is 0.190. The molecular formula is C21H20N2O4. The summed E-state index contributed by atoms with van der Waals surface area (Å²) in [7, 11) is 2.80. The van der Waals surface area contributed by atoms with Gasteiger partial charge in [-0.25, -0.2) is 4.79 Å². The van der Waals surface area contributed by atoms with Crippen LogP contribution in [0, 0.1) is 0 Å². The normalized spacial score (nSPS) is 10.3. The Morgan fingerprint density at radius 3 is 2.33 bits per heavy atom. The molecule has 3 aromatic rings. The quantitative estimate of drug-likeness (QED) is 0.682. The highest BCUT2D eigenvalue weighted by atomic mass is 16.5. The zero-order valence-electron chi connectivity index (χ0n) is 15.1. The van der Waals surface area contributed by atoms with E-state index in [0.717, 1.165) is 11.3 Å². The smallest absolute Gasteiger partial charge is 0.341 e. The molecule has 27 heavy (non-hydrogen) atoms. The van der Waals surface area contributed by atoms with Crippen molar-refractivity contribution in [3.8, 4) is 11.4 Å². The van der Waals surface area contributed by atoms with E-state index in [9.17, 15) is 9.59 Å². The van der Waals surface area contributed by atoms with Gasteiger partial charge in [0.25, 0.3) is 5.91 Å². The summed E-state index contributed by atoms with van der Waals surface area (Å²) in [5.74, 6) is -0.248. The number of benzene rings is 2. The van der Waals surface area contributed by atoms with Gasteiger partial charge in [0, 0.05) is 30.2 Å². The summed E-state index contributed by atoms with van der Waals surface area (Å²) in [4.78, 5) is 24.2. The molecule has 1 amide bonds. The van der Waals surface area contributed by atoms with Crippen LogP contribution in [0.15, 0.2) is 67.0 Å². The van der Waals surface area contributed by atoms with E-state index in [1.54, 1.807) is 30.3 Å². The standard InChI is InChI=1S/C21H20N2O4/c1-26-19-10-5-15(13-18(19)21(25)27-2)14-22-20(24)16-6-8-17(9-7-16)23-11-3-4-12-23/h3-13H,14H2,1-2H3,(H,22,24). The number of esters is 1. The van der Waals surface area contributed by atoms with Crippen LogP contribution in [0.3, 0.4) is 0 Å². The van der Waals surface area contributed by atoms with Crippen molar-refractivity contribution in [1.29, 1.82) is 0 Å². The molecule has 6 nitrogen and oxygen atoms in total. The molecule has 0 aliphatic carbocycles. The number of carbonyl (C=O) groups is 2. The van der Waals surface area contributed by atoms with Crippen LogP contribution in [-0.2, 0) is 11.3 Å². The van der Waals surface area contributed by atoms with Gasteiger partial charge in [0.1, 0.15) is 11.3 Å². The lowest BCUT2D eigenvalue weighted by Crippen LogP contribution is -2.23. The topological polar surface area (TPSA) is 69.6 Å². The monoisotopic (exact) mass is 364 g/mol. The maximum Gasteiger partial charge on any atom is 0.341 e. The Kier molecular flexibility index (Phi) is 5.56. The summed E-state index contributed by atoms with van der Waals surface area (Å²) in [6.07, 6.45) is 3.88. The van der Waals surface area contributed by atoms with Gasteiger partial charge in [-0.05, 0) is 54.1 Å². The largest absolute Gasteiger partial charge is 0.496 e. The van der Waals surface area contributed by atoms with Gasteiger partial charge in [0.15, 0.2) is 0 Å². The van der Waals surface area contributed by atoms with Crippen molar-refractivity contribution < 1.29 is 19.1 Å². The lowest BCUT2D eigenvalue weighted by atomic mass is 10.1. The molecule has 0 aliphatic heterocycles. The molecule has 1 heterocycles. The molecule has 1 aromatic heterocycles. The molecule has 0 bridgehead atoms. The SMILES string of the molecule is COC(=O)c1cc(CNC(=O)c2ccc(-n3cccc3)cc2)ccc1OC. The lowest BCUT2D eigenvalue weighted by molar-refractivity contribution is 0.0597. The van der Waals surface area contributed by atoms with E-state index in [0.29, 0.717) is 16.9 Å². The maximum absolute atomic E-state index is 12.4. The number of methoxy groups -OCH3 is 2. The molecule has 0 unspecified atom stereocenters. The van der Waals surface area contributed by atoms with Crippen molar-refractivity contribution in [1.82, 2.24) is 9.88 Å². The van der Waals surface area contributed by atoms with E-state index in [4.69, 9.17) is 9.47 Å². The van der Waals surface area contributed by atoms with Gasteiger partial charge >= 0.3 is 5.97 Å². The molecule has 0 spiro atoms. The number of aromatic nitrogens is 1. The molecule has 0 aliphatic rings. The molecular weight excluding hydrogens is 344 g/mol. The number of rotatable bonds is 6. The Balaban J connectivity index is 1.67. The van der Waals surface area contributed by atoms with Crippen LogP contribution in [0.1, 0.15) is 26.3 Å². The minimum Gasteiger partial charge on any atom is -0.496 e. The van der Waals surface area contributed by atoms with Crippen molar-refractivity contribution in [2.45, 2.75) is 6.54 Å². The van der Waals surface area contributed by atoms with E-state index in [1.807, 2.05) is 41.2 Å². The van der Waals surface area contributed by atoms with Crippen molar-refractivity contribution >= 4 is 11.9 Å². The molecule has 0 fully saturated rings. The highest BCUT2D eigenvalue weighted by Crippen LogP contribution is 2.21. The van der Waals surface area contributed by atoms with Gasteiger partial charge in [-0.2, -0.15) is 0 Å². The summed E-state index contributed by atoms with van der Waals surface area (Å²) in [6.45, 7) is 0.284. The second-order valence-electron chi connectivity index (χ2n) is 5.85. The maximum atomic E-state index is 12.4. The summed E-state index contributed by atoms with van der Waals surface area (Å²) in [5, 5.41) is 2.85. The minimum atomic E-state index is -0.486. The number of amides is 1. The summed E-state index contributed by atoms with van der Waals surface area (Å²) in [6, 6.07) is 16.3. The molecule has 0 saturated heterocycles. The third kappa shape index (κ3) is 4.17. The van der Waals surface area contributed by atoms with Crippen LogP contribution in [0.25, 0.3) is 5.69 Å². The van der Waals surface area contributed by atoms with Gasteiger partial charge in [-0.3, -0.25) is 4.79 Å². The zero-order valence-corrected chi connectivity index (χ0v) is 15.1. The van der Waals surface area contributed by atoms with Gasteiger partial charge < -0.3 is 19.4 Å². The van der Waals surface area contributed by atoms with Crippen LogP contribution in [-0.4, -0.2) is 30.7 Å². The fourth-order valence-corrected chi connectivity index (χ4v) is 2.71. The molecule has 138 valence electrons.